The zero-order chi connectivity index (χ0) is 25.0. The van der Waals surface area contributed by atoms with Gasteiger partial charge in [0, 0.05) is 36.6 Å². The number of amides is 2. The second kappa shape index (κ2) is 9.72. The van der Waals surface area contributed by atoms with Gasteiger partial charge in [0.05, 0.1) is 0 Å². The van der Waals surface area contributed by atoms with Gasteiger partial charge in [0.25, 0.3) is 11.8 Å². The lowest BCUT2D eigenvalue weighted by Crippen LogP contribution is -2.18. The van der Waals surface area contributed by atoms with Gasteiger partial charge in [0.15, 0.2) is 0 Å². The molecule has 1 heterocycles. The van der Waals surface area contributed by atoms with Crippen molar-refractivity contribution in [2.45, 2.75) is 6.36 Å². The van der Waals surface area contributed by atoms with Crippen molar-refractivity contribution in [3.63, 3.8) is 0 Å². The third kappa shape index (κ3) is 5.85. The Morgan fingerprint density at radius 3 is 2.40 bits per heavy atom. The van der Waals surface area contributed by atoms with E-state index in [1.807, 2.05) is 0 Å². The molecule has 4 aromatic rings. The molecule has 35 heavy (non-hydrogen) atoms. The van der Waals surface area contributed by atoms with E-state index in [9.17, 15) is 22.8 Å². The first kappa shape index (κ1) is 23.6. The molecule has 0 unspecified atom stereocenters. The Morgan fingerprint density at radius 2 is 1.63 bits per heavy atom. The molecule has 7 nitrogen and oxygen atoms in total. The summed E-state index contributed by atoms with van der Waals surface area (Å²) in [6.07, 6.45) is -3.38. The molecule has 0 radical (unpaired) electrons. The minimum atomic E-state index is -4.84. The average Bonchev–Trinajstić information content (AvgIpc) is 2.82. The van der Waals surface area contributed by atoms with E-state index < -0.39 is 18.0 Å². The van der Waals surface area contributed by atoms with Crippen molar-refractivity contribution >= 4 is 28.3 Å². The van der Waals surface area contributed by atoms with Crippen LogP contribution in [0.25, 0.3) is 10.8 Å². The predicted molar refractivity (Wildman–Crippen MR) is 123 cm³/mol. The van der Waals surface area contributed by atoms with E-state index in [2.05, 4.69) is 20.4 Å². The van der Waals surface area contributed by atoms with Crippen LogP contribution in [0.2, 0.25) is 0 Å². The highest BCUT2D eigenvalue weighted by Crippen LogP contribution is 2.29. The second-order valence-corrected chi connectivity index (χ2v) is 7.28. The maximum atomic E-state index is 12.9. The second-order valence-electron chi connectivity index (χ2n) is 7.28. The molecule has 0 aliphatic rings. The molecule has 0 aliphatic carbocycles. The van der Waals surface area contributed by atoms with Gasteiger partial charge in [-0.2, -0.15) is 0 Å². The number of nitrogens with one attached hydrogen (secondary N) is 2. The van der Waals surface area contributed by atoms with Crippen molar-refractivity contribution in [2.24, 2.45) is 0 Å². The van der Waals surface area contributed by atoms with E-state index in [1.165, 1.54) is 31.4 Å². The van der Waals surface area contributed by atoms with Crippen molar-refractivity contribution in [2.75, 3.05) is 12.4 Å². The van der Waals surface area contributed by atoms with Crippen molar-refractivity contribution in [3.8, 4) is 17.2 Å². The van der Waals surface area contributed by atoms with E-state index in [-0.39, 0.29) is 17.3 Å². The first-order valence-electron chi connectivity index (χ1n) is 10.3. The van der Waals surface area contributed by atoms with Crippen LogP contribution < -0.4 is 20.1 Å². The zero-order valence-electron chi connectivity index (χ0n) is 18.2. The van der Waals surface area contributed by atoms with Gasteiger partial charge in [-0.3, -0.25) is 14.6 Å². The number of ether oxygens (including phenoxy) is 2. The number of hydrogen-bond donors (Lipinski definition) is 2. The lowest BCUT2D eigenvalue weighted by atomic mass is 10.0. The Morgan fingerprint density at radius 1 is 0.857 bits per heavy atom. The molecule has 3 aromatic carbocycles. The third-order valence-electron chi connectivity index (χ3n) is 4.85. The average molecular weight is 481 g/mol. The number of hydrogen-bond acceptors (Lipinski definition) is 5. The molecular formula is C25H18F3N3O4. The first-order chi connectivity index (χ1) is 16.7. The molecule has 0 aliphatic heterocycles. The number of carbonyl (C=O) groups excluding carboxylic acids is 2. The summed E-state index contributed by atoms with van der Waals surface area (Å²) in [7, 11) is 1.50. The van der Waals surface area contributed by atoms with Gasteiger partial charge in [-0.25, -0.2) is 0 Å². The van der Waals surface area contributed by atoms with Gasteiger partial charge in [-0.05, 0) is 53.2 Å². The standard InChI is InChI=1S/C25H18F3N3O4/c1-29-24(33)22-14-18(10-11-30-22)34-17-8-9-20-15(12-17)4-2-7-21(20)23(32)31-16-5-3-6-19(13-16)35-25(26,27)28/h2-14H,1H3,(H,29,33)(H,31,32). The van der Waals surface area contributed by atoms with E-state index in [4.69, 9.17) is 4.74 Å². The van der Waals surface area contributed by atoms with Gasteiger partial charge < -0.3 is 20.1 Å². The Labute approximate surface area is 197 Å². The van der Waals surface area contributed by atoms with Crippen LogP contribution in [0.1, 0.15) is 20.8 Å². The van der Waals surface area contributed by atoms with Gasteiger partial charge >= 0.3 is 6.36 Å². The monoisotopic (exact) mass is 481 g/mol. The molecule has 0 fully saturated rings. The molecule has 0 atom stereocenters. The lowest BCUT2D eigenvalue weighted by Gasteiger charge is -2.12. The normalized spacial score (nSPS) is 11.1. The number of anilines is 1. The van der Waals surface area contributed by atoms with Crippen molar-refractivity contribution in [1.82, 2.24) is 10.3 Å². The highest BCUT2D eigenvalue weighted by atomic mass is 19.4. The van der Waals surface area contributed by atoms with E-state index in [0.29, 0.717) is 27.8 Å². The van der Waals surface area contributed by atoms with E-state index >= 15 is 0 Å². The smallest absolute Gasteiger partial charge is 0.457 e. The van der Waals surface area contributed by atoms with E-state index in [0.717, 1.165) is 12.1 Å². The van der Waals surface area contributed by atoms with Crippen LogP contribution >= 0.6 is 0 Å². The predicted octanol–water partition coefficient (Wildman–Crippen LogP) is 5.54. The fourth-order valence-corrected chi connectivity index (χ4v) is 3.36. The van der Waals surface area contributed by atoms with E-state index in [1.54, 1.807) is 42.5 Å². The number of pyridine rings is 1. The summed E-state index contributed by atoms with van der Waals surface area (Å²) in [5, 5.41) is 6.39. The molecular weight excluding hydrogens is 463 g/mol. The van der Waals surface area contributed by atoms with Crippen LogP contribution in [0.3, 0.4) is 0 Å². The highest BCUT2D eigenvalue weighted by molar-refractivity contribution is 6.13. The third-order valence-corrected chi connectivity index (χ3v) is 4.85. The van der Waals surface area contributed by atoms with Gasteiger partial charge in [0.2, 0.25) is 0 Å². The number of aromatic nitrogens is 1. The summed E-state index contributed by atoms with van der Waals surface area (Å²) < 4.78 is 47.2. The van der Waals surface area contributed by atoms with Crippen molar-refractivity contribution < 1.29 is 32.2 Å². The van der Waals surface area contributed by atoms with Crippen LogP contribution in [-0.4, -0.2) is 30.2 Å². The molecule has 2 amide bonds. The summed E-state index contributed by atoms with van der Waals surface area (Å²) >= 11 is 0. The van der Waals surface area contributed by atoms with Crippen molar-refractivity contribution in [1.29, 1.82) is 0 Å². The zero-order valence-corrected chi connectivity index (χ0v) is 18.2. The SMILES string of the molecule is CNC(=O)c1cc(Oc2ccc3c(C(=O)Nc4cccc(OC(F)(F)F)c4)cccc3c2)ccn1. The first-order valence-corrected chi connectivity index (χ1v) is 10.3. The number of nitrogens with zero attached hydrogens (tertiary/aromatic N) is 1. The molecule has 1 aromatic heterocycles. The van der Waals surface area contributed by atoms with Crippen LogP contribution in [0.4, 0.5) is 18.9 Å². The van der Waals surface area contributed by atoms with Crippen LogP contribution in [0, 0.1) is 0 Å². The fourth-order valence-electron chi connectivity index (χ4n) is 3.36. The Balaban J connectivity index is 1.55. The fraction of sp³-hybridized carbons (Fsp3) is 0.0800. The number of halogens is 3. The lowest BCUT2D eigenvalue weighted by molar-refractivity contribution is -0.274. The summed E-state index contributed by atoms with van der Waals surface area (Å²) in [5.41, 5.74) is 0.676. The molecule has 0 bridgehead atoms. The molecule has 178 valence electrons. The summed E-state index contributed by atoms with van der Waals surface area (Å²) in [4.78, 5) is 28.7. The number of alkyl halides is 3. The highest BCUT2D eigenvalue weighted by Gasteiger charge is 2.31. The van der Waals surface area contributed by atoms with Crippen molar-refractivity contribution in [3.05, 3.63) is 90.3 Å². The van der Waals surface area contributed by atoms with Gasteiger partial charge in [0.1, 0.15) is 22.9 Å². The number of rotatable bonds is 6. The Bertz CT molecular complexity index is 1410. The topological polar surface area (TPSA) is 89.5 Å². The summed E-state index contributed by atoms with van der Waals surface area (Å²) in [5.74, 6) is -0.405. The molecule has 0 saturated heterocycles. The molecule has 4 rings (SSSR count). The number of carbonyl (C=O) groups is 2. The maximum absolute atomic E-state index is 12.9. The number of fused-ring (bicyclic) bond motifs is 1. The minimum absolute atomic E-state index is 0.151. The summed E-state index contributed by atoms with van der Waals surface area (Å²) in [6.45, 7) is 0. The summed E-state index contributed by atoms with van der Waals surface area (Å²) in [6, 6.07) is 18.3. The van der Waals surface area contributed by atoms with Crippen LogP contribution in [-0.2, 0) is 0 Å². The van der Waals surface area contributed by atoms with Gasteiger partial charge in [-0.15, -0.1) is 13.2 Å². The maximum Gasteiger partial charge on any atom is 0.573 e. The Hall–Kier alpha value is -4.60. The molecule has 10 heteroatoms. The minimum Gasteiger partial charge on any atom is -0.457 e. The largest absolute Gasteiger partial charge is 0.573 e. The molecule has 2 N–H and O–H groups in total. The Kier molecular flexibility index (Phi) is 6.54. The molecule has 0 saturated carbocycles. The quantitative estimate of drug-likeness (QED) is 0.378. The molecule has 0 spiro atoms. The van der Waals surface area contributed by atoms with Crippen LogP contribution in [0.15, 0.2) is 79.0 Å². The van der Waals surface area contributed by atoms with Crippen LogP contribution in [0.5, 0.6) is 17.2 Å². The number of benzene rings is 3. The van der Waals surface area contributed by atoms with Gasteiger partial charge in [-0.1, -0.05) is 18.2 Å².